The van der Waals surface area contributed by atoms with Crippen molar-refractivity contribution in [3.8, 4) is 0 Å². The standard InChI is InChI=1S/C14H15NO3/c1-7-4-10-9(3)13-11(5-8(2)17-13)12(6-15-16)14(10)18-7/h4-5,15-16H,6H2,1-3H3. The number of hydrogen-bond donors (Lipinski definition) is 2. The molecule has 0 amide bonds. The van der Waals surface area contributed by atoms with Gasteiger partial charge in [-0.2, -0.15) is 0 Å². The molecule has 0 aliphatic carbocycles. The topological polar surface area (TPSA) is 58.5 Å². The molecule has 0 bridgehead atoms. The molecule has 0 aliphatic heterocycles. The van der Waals surface area contributed by atoms with E-state index >= 15 is 0 Å². The Morgan fingerprint density at radius 1 is 1.00 bits per heavy atom. The number of benzene rings is 1. The average molecular weight is 245 g/mol. The first kappa shape index (κ1) is 11.3. The number of rotatable bonds is 2. The zero-order chi connectivity index (χ0) is 12.9. The fraction of sp³-hybridized carbons (Fsp3) is 0.286. The summed E-state index contributed by atoms with van der Waals surface area (Å²) >= 11 is 0. The molecule has 3 rings (SSSR count). The van der Waals surface area contributed by atoms with Crippen LogP contribution in [-0.4, -0.2) is 5.21 Å². The summed E-state index contributed by atoms with van der Waals surface area (Å²) in [6.45, 7) is 6.20. The van der Waals surface area contributed by atoms with Crippen molar-refractivity contribution in [1.29, 1.82) is 0 Å². The second kappa shape index (κ2) is 3.86. The number of fused-ring (bicyclic) bond motifs is 2. The van der Waals surface area contributed by atoms with Gasteiger partial charge in [0.2, 0.25) is 0 Å². The average Bonchev–Trinajstić information content (AvgIpc) is 2.88. The molecule has 18 heavy (non-hydrogen) atoms. The van der Waals surface area contributed by atoms with Crippen LogP contribution in [0.3, 0.4) is 0 Å². The van der Waals surface area contributed by atoms with E-state index in [4.69, 9.17) is 14.0 Å². The Hall–Kier alpha value is -1.78. The number of aryl methyl sites for hydroxylation is 3. The molecular formula is C14H15NO3. The van der Waals surface area contributed by atoms with Gasteiger partial charge < -0.3 is 14.0 Å². The van der Waals surface area contributed by atoms with Crippen LogP contribution in [0.15, 0.2) is 21.0 Å². The molecule has 0 fully saturated rings. The van der Waals surface area contributed by atoms with Gasteiger partial charge in [-0.05, 0) is 32.9 Å². The fourth-order valence-electron chi connectivity index (χ4n) is 2.53. The van der Waals surface area contributed by atoms with Crippen LogP contribution in [0, 0.1) is 20.8 Å². The van der Waals surface area contributed by atoms with Gasteiger partial charge in [0.15, 0.2) is 0 Å². The van der Waals surface area contributed by atoms with Crippen molar-refractivity contribution >= 4 is 21.9 Å². The first-order chi connectivity index (χ1) is 8.61. The summed E-state index contributed by atoms with van der Waals surface area (Å²) < 4.78 is 11.5. The fourth-order valence-corrected chi connectivity index (χ4v) is 2.53. The highest BCUT2D eigenvalue weighted by atomic mass is 16.5. The molecule has 0 saturated heterocycles. The van der Waals surface area contributed by atoms with E-state index in [1.54, 1.807) is 0 Å². The van der Waals surface area contributed by atoms with Crippen molar-refractivity contribution in [2.75, 3.05) is 0 Å². The Morgan fingerprint density at radius 2 is 1.61 bits per heavy atom. The third-order valence-corrected chi connectivity index (χ3v) is 3.31. The number of furan rings is 2. The lowest BCUT2D eigenvalue weighted by atomic mass is 10.0. The Morgan fingerprint density at radius 3 is 2.28 bits per heavy atom. The quantitative estimate of drug-likeness (QED) is 0.677. The molecule has 3 aromatic rings. The normalized spacial score (nSPS) is 11.8. The predicted octanol–water partition coefficient (Wildman–Crippen LogP) is 3.58. The lowest BCUT2D eigenvalue weighted by Gasteiger charge is -2.05. The van der Waals surface area contributed by atoms with Gasteiger partial charge >= 0.3 is 0 Å². The Kier molecular flexibility index (Phi) is 2.43. The molecule has 0 saturated carbocycles. The monoisotopic (exact) mass is 245 g/mol. The Labute approximate surface area is 104 Å². The van der Waals surface area contributed by atoms with Gasteiger partial charge in [0, 0.05) is 21.9 Å². The van der Waals surface area contributed by atoms with Crippen LogP contribution in [0.4, 0.5) is 0 Å². The van der Waals surface area contributed by atoms with Crippen LogP contribution in [0.25, 0.3) is 21.9 Å². The van der Waals surface area contributed by atoms with Crippen molar-refractivity contribution in [3.63, 3.8) is 0 Å². The molecule has 0 radical (unpaired) electrons. The summed E-state index contributed by atoms with van der Waals surface area (Å²) in [5.74, 6) is 1.72. The van der Waals surface area contributed by atoms with Crippen LogP contribution in [0.5, 0.6) is 0 Å². The van der Waals surface area contributed by atoms with Gasteiger partial charge in [-0.25, -0.2) is 5.48 Å². The molecule has 1 aromatic carbocycles. The summed E-state index contributed by atoms with van der Waals surface area (Å²) in [4.78, 5) is 0. The molecular weight excluding hydrogens is 230 g/mol. The van der Waals surface area contributed by atoms with Crippen LogP contribution in [0.1, 0.15) is 22.6 Å². The molecule has 0 unspecified atom stereocenters. The van der Waals surface area contributed by atoms with Gasteiger partial charge in [0.25, 0.3) is 0 Å². The van der Waals surface area contributed by atoms with E-state index in [0.29, 0.717) is 6.54 Å². The summed E-state index contributed by atoms with van der Waals surface area (Å²) in [5.41, 5.74) is 5.89. The van der Waals surface area contributed by atoms with Crippen LogP contribution in [-0.2, 0) is 6.54 Å². The first-order valence-corrected chi connectivity index (χ1v) is 5.90. The summed E-state index contributed by atoms with van der Waals surface area (Å²) in [6.07, 6.45) is 0. The van der Waals surface area contributed by atoms with E-state index < -0.39 is 0 Å². The van der Waals surface area contributed by atoms with Crippen LogP contribution >= 0.6 is 0 Å². The lowest BCUT2D eigenvalue weighted by Crippen LogP contribution is -2.06. The molecule has 4 heteroatoms. The van der Waals surface area contributed by atoms with Gasteiger partial charge in [-0.1, -0.05) is 0 Å². The second-order valence-corrected chi connectivity index (χ2v) is 4.64. The number of hydrogen-bond acceptors (Lipinski definition) is 4. The van der Waals surface area contributed by atoms with Crippen molar-refractivity contribution in [3.05, 3.63) is 34.8 Å². The summed E-state index contributed by atoms with van der Waals surface area (Å²) in [5, 5.41) is 11.0. The third kappa shape index (κ3) is 1.46. The number of hydroxylamine groups is 1. The molecule has 2 heterocycles. The minimum absolute atomic E-state index is 0.333. The van der Waals surface area contributed by atoms with E-state index in [-0.39, 0.29) is 0 Å². The maximum Gasteiger partial charge on any atom is 0.139 e. The van der Waals surface area contributed by atoms with Gasteiger partial charge in [0.1, 0.15) is 22.7 Å². The molecule has 2 aromatic heterocycles. The van der Waals surface area contributed by atoms with Gasteiger partial charge in [-0.3, -0.25) is 0 Å². The summed E-state index contributed by atoms with van der Waals surface area (Å²) in [6, 6.07) is 3.98. The van der Waals surface area contributed by atoms with Crippen LogP contribution in [0.2, 0.25) is 0 Å². The minimum atomic E-state index is 0.333. The van der Waals surface area contributed by atoms with E-state index in [1.807, 2.05) is 32.9 Å². The minimum Gasteiger partial charge on any atom is -0.461 e. The SMILES string of the molecule is Cc1cc2c(CNO)c3oc(C)cc3c(C)c2o1. The predicted molar refractivity (Wildman–Crippen MR) is 68.8 cm³/mol. The molecule has 94 valence electrons. The Bertz CT molecular complexity index is 679. The molecule has 4 nitrogen and oxygen atoms in total. The zero-order valence-electron chi connectivity index (χ0n) is 10.6. The van der Waals surface area contributed by atoms with Crippen molar-refractivity contribution in [1.82, 2.24) is 5.48 Å². The summed E-state index contributed by atoms with van der Waals surface area (Å²) in [7, 11) is 0. The lowest BCUT2D eigenvalue weighted by molar-refractivity contribution is 0.161. The molecule has 2 N–H and O–H groups in total. The highest BCUT2D eigenvalue weighted by molar-refractivity contribution is 6.01. The van der Waals surface area contributed by atoms with E-state index in [0.717, 1.165) is 44.6 Å². The van der Waals surface area contributed by atoms with Crippen molar-refractivity contribution < 1.29 is 14.0 Å². The maximum absolute atomic E-state index is 9.00. The Balaban J connectivity index is 2.51. The van der Waals surface area contributed by atoms with Crippen molar-refractivity contribution in [2.45, 2.75) is 27.3 Å². The number of nitrogens with one attached hydrogen (secondary N) is 1. The smallest absolute Gasteiger partial charge is 0.139 e. The van der Waals surface area contributed by atoms with E-state index in [1.165, 1.54) is 0 Å². The first-order valence-electron chi connectivity index (χ1n) is 5.90. The molecule has 0 spiro atoms. The van der Waals surface area contributed by atoms with Crippen molar-refractivity contribution in [2.24, 2.45) is 0 Å². The third-order valence-electron chi connectivity index (χ3n) is 3.31. The van der Waals surface area contributed by atoms with Crippen LogP contribution < -0.4 is 5.48 Å². The van der Waals surface area contributed by atoms with E-state index in [9.17, 15) is 0 Å². The zero-order valence-corrected chi connectivity index (χ0v) is 10.6. The van der Waals surface area contributed by atoms with E-state index in [2.05, 4.69) is 5.48 Å². The highest BCUT2D eigenvalue weighted by Crippen LogP contribution is 2.35. The largest absolute Gasteiger partial charge is 0.461 e. The maximum atomic E-state index is 9.00. The highest BCUT2D eigenvalue weighted by Gasteiger charge is 2.17. The van der Waals surface area contributed by atoms with Gasteiger partial charge in [0.05, 0.1) is 6.54 Å². The molecule has 0 atom stereocenters. The van der Waals surface area contributed by atoms with Gasteiger partial charge in [-0.15, -0.1) is 0 Å². The second-order valence-electron chi connectivity index (χ2n) is 4.64. The molecule has 0 aliphatic rings.